The van der Waals surface area contributed by atoms with E-state index in [1.165, 1.54) is 16.8 Å². The lowest BCUT2D eigenvalue weighted by Gasteiger charge is -2.18. The molecule has 0 radical (unpaired) electrons. The van der Waals surface area contributed by atoms with E-state index in [-0.39, 0.29) is 23.9 Å². The molecular weight excluding hydrogens is 545 g/mol. The smallest absolute Gasteiger partial charge is 0.282 e. The molecular formula is C35H34FN3O4. The number of hydrogen-bond donors (Lipinski definition) is 0. The van der Waals surface area contributed by atoms with Crippen molar-refractivity contribution in [3.63, 3.8) is 0 Å². The van der Waals surface area contributed by atoms with Crippen LogP contribution < -0.4 is 19.8 Å². The van der Waals surface area contributed by atoms with Crippen LogP contribution in [0, 0.1) is 12.7 Å². The number of fused-ring (bicyclic) bond motifs is 1. The zero-order chi connectivity index (χ0) is 30.5. The number of methoxy groups -OCH3 is 1. The maximum absolute atomic E-state index is 13.8. The van der Waals surface area contributed by atoms with Gasteiger partial charge in [0, 0.05) is 5.56 Å². The first-order valence-electron chi connectivity index (χ1n) is 14.2. The minimum absolute atomic E-state index is 0.183. The standard InChI is InChI=1S/C35H34FN3O4/c1-6-42-32-16-23(4)29(19-28(32)22(2)3)34-38-30-13-8-7-12-27(30)35(40)39(34)37-20-24-14-15-31(33(18-24)41-5)43-21-25-10-9-11-26(36)17-25/h7-20,22H,6,21H2,1-5H3. The molecule has 7 nitrogen and oxygen atoms in total. The van der Waals surface area contributed by atoms with E-state index in [0.29, 0.717) is 46.0 Å². The molecule has 0 unspecified atom stereocenters. The number of nitrogens with zero attached hydrogens (tertiary/aromatic N) is 3. The number of rotatable bonds is 10. The van der Waals surface area contributed by atoms with Crippen molar-refractivity contribution in [2.24, 2.45) is 5.10 Å². The van der Waals surface area contributed by atoms with Crippen LogP contribution in [0.15, 0.2) is 88.8 Å². The Hall–Kier alpha value is -4.98. The van der Waals surface area contributed by atoms with Gasteiger partial charge in [-0.3, -0.25) is 4.79 Å². The zero-order valence-corrected chi connectivity index (χ0v) is 24.9. The second-order valence-electron chi connectivity index (χ2n) is 10.4. The molecule has 0 fully saturated rings. The molecule has 43 heavy (non-hydrogen) atoms. The number of halogens is 1. The third-order valence-electron chi connectivity index (χ3n) is 7.07. The van der Waals surface area contributed by atoms with Crippen LogP contribution in [-0.2, 0) is 6.61 Å². The van der Waals surface area contributed by atoms with Crippen LogP contribution >= 0.6 is 0 Å². The topological polar surface area (TPSA) is 74.9 Å². The molecule has 1 heterocycles. The highest BCUT2D eigenvalue weighted by Crippen LogP contribution is 2.34. The van der Waals surface area contributed by atoms with Gasteiger partial charge >= 0.3 is 0 Å². The van der Waals surface area contributed by atoms with Crippen LogP contribution in [0.25, 0.3) is 22.3 Å². The molecule has 0 aliphatic heterocycles. The van der Waals surface area contributed by atoms with E-state index in [1.807, 2.05) is 50.2 Å². The second kappa shape index (κ2) is 12.9. The predicted molar refractivity (Wildman–Crippen MR) is 168 cm³/mol. The Kier molecular flexibility index (Phi) is 8.85. The zero-order valence-electron chi connectivity index (χ0n) is 24.9. The fraction of sp³-hybridized carbons (Fsp3) is 0.229. The minimum Gasteiger partial charge on any atom is -0.494 e. The number of aryl methyl sites for hydroxylation is 1. The van der Waals surface area contributed by atoms with Crippen LogP contribution in [0.4, 0.5) is 4.39 Å². The number of para-hydroxylation sites is 1. The highest BCUT2D eigenvalue weighted by molar-refractivity contribution is 5.83. The summed E-state index contributed by atoms with van der Waals surface area (Å²) in [7, 11) is 1.54. The Labute approximate surface area is 250 Å². The van der Waals surface area contributed by atoms with Crippen molar-refractivity contribution >= 4 is 17.1 Å². The van der Waals surface area contributed by atoms with Crippen LogP contribution in [0.2, 0.25) is 0 Å². The average Bonchev–Trinajstić information content (AvgIpc) is 3.00. The average molecular weight is 580 g/mol. The fourth-order valence-corrected chi connectivity index (χ4v) is 4.87. The van der Waals surface area contributed by atoms with Crippen LogP contribution in [0.5, 0.6) is 17.2 Å². The molecule has 220 valence electrons. The van der Waals surface area contributed by atoms with Crippen LogP contribution in [0.1, 0.15) is 48.9 Å². The molecule has 0 aliphatic carbocycles. The minimum atomic E-state index is -0.321. The summed E-state index contributed by atoms with van der Waals surface area (Å²) in [5.74, 6) is 2.11. The normalized spacial score (nSPS) is 11.4. The molecule has 0 spiro atoms. The van der Waals surface area contributed by atoms with Gasteiger partial charge < -0.3 is 14.2 Å². The molecule has 5 rings (SSSR count). The van der Waals surface area contributed by atoms with Crippen molar-refractivity contribution in [2.75, 3.05) is 13.7 Å². The molecule has 0 aliphatic rings. The molecule has 0 amide bonds. The van der Waals surface area contributed by atoms with Gasteiger partial charge in [-0.2, -0.15) is 9.78 Å². The van der Waals surface area contributed by atoms with E-state index in [9.17, 15) is 9.18 Å². The summed E-state index contributed by atoms with van der Waals surface area (Å²) in [6.45, 7) is 8.89. The third kappa shape index (κ3) is 6.43. The fourth-order valence-electron chi connectivity index (χ4n) is 4.87. The van der Waals surface area contributed by atoms with Gasteiger partial charge in [-0.1, -0.05) is 38.1 Å². The number of hydrogen-bond acceptors (Lipinski definition) is 6. The second-order valence-corrected chi connectivity index (χ2v) is 10.4. The maximum atomic E-state index is 13.8. The van der Waals surface area contributed by atoms with E-state index < -0.39 is 0 Å². The quantitative estimate of drug-likeness (QED) is 0.160. The Morgan fingerprint density at radius 1 is 0.953 bits per heavy atom. The Morgan fingerprint density at radius 3 is 2.51 bits per heavy atom. The Bertz CT molecular complexity index is 1860. The lowest BCUT2D eigenvalue weighted by molar-refractivity contribution is 0.284. The molecule has 5 aromatic rings. The number of ether oxygens (including phenoxy) is 3. The summed E-state index contributed by atoms with van der Waals surface area (Å²) in [6, 6.07) is 22.9. The predicted octanol–water partition coefficient (Wildman–Crippen LogP) is 7.50. The van der Waals surface area contributed by atoms with Crippen molar-refractivity contribution in [1.82, 2.24) is 9.66 Å². The lowest BCUT2D eigenvalue weighted by atomic mass is 9.96. The molecule has 4 aromatic carbocycles. The molecule has 0 saturated heterocycles. The summed E-state index contributed by atoms with van der Waals surface area (Å²) in [4.78, 5) is 18.7. The van der Waals surface area contributed by atoms with Gasteiger partial charge in [-0.15, -0.1) is 0 Å². The molecule has 0 atom stereocenters. The van der Waals surface area contributed by atoms with E-state index in [2.05, 4.69) is 18.9 Å². The number of benzene rings is 4. The molecule has 0 N–H and O–H groups in total. The summed E-state index contributed by atoms with van der Waals surface area (Å²) < 4.78 is 32.3. The highest BCUT2D eigenvalue weighted by atomic mass is 19.1. The first kappa shape index (κ1) is 29.5. The molecule has 0 saturated carbocycles. The largest absolute Gasteiger partial charge is 0.494 e. The number of aromatic nitrogens is 2. The first-order chi connectivity index (χ1) is 20.8. The van der Waals surface area contributed by atoms with Gasteiger partial charge in [0.1, 0.15) is 18.2 Å². The monoisotopic (exact) mass is 579 g/mol. The van der Waals surface area contributed by atoms with Crippen molar-refractivity contribution < 1.29 is 18.6 Å². The van der Waals surface area contributed by atoms with Crippen molar-refractivity contribution in [1.29, 1.82) is 0 Å². The van der Waals surface area contributed by atoms with E-state index >= 15 is 0 Å². The summed E-state index contributed by atoms with van der Waals surface area (Å²) in [5, 5.41) is 5.10. The van der Waals surface area contributed by atoms with Gasteiger partial charge in [0.25, 0.3) is 5.56 Å². The molecule has 8 heteroatoms. The highest BCUT2D eigenvalue weighted by Gasteiger charge is 2.18. The first-order valence-corrected chi connectivity index (χ1v) is 14.2. The molecule has 0 bridgehead atoms. The SMILES string of the molecule is CCOc1cc(C)c(-c2nc3ccccc3c(=O)n2N=Cc2ccc(OCc3cccc(F)c3)c(OC)c2)cc1C(C)C. The molecule has 1 aromatic heterocycles. The summed E-state index contributed by atoms with van der Waals surface area (Å²) in [6.07, 6.45) is 1.59. The third-order valence-corrected chi connectivity index (χ3v) is 7.07. The van der Waals surface area contributed by atoms with E-state index in [0.717, 1.165) is 22.4 Å². The van der Waals surface area contributed by atoms with Gasteiger partial charge in [0.2, 0.25) is 0 Å². The van der Waals surface area contributed by atoms with Crippen LogP contribution in [-0.4, -0.2) is 29.6 Å². The summed E-state index contributed by atoms with van der Waals surface area (Å²) >= 11 is 0. The maximum Gasteiger partial charge on any atom is 0.282 e. The van der Waals surface area contributed by atoms with Gasteiger partial charge in [-0.05, 0) is 96.6 Å². The van der Waals surface area contributed by atoms with Crippen molar-refractivity contribution in [3.05, 3.63) is 117 Å². The van der Waals surface area contributed by atoms with Gasteiger partial charge in [0.05, 0.1) is 30.8 Å². The van der Waals surface area contributed by atoms with Gasteiger partial charge in [-0.25, -0.2) is 9.37 Å². The Morgan fingerprint density at radius 2 is 1.77 bits per heavy atom. The van der Waals surface area contributed by atoms with Crippen molar-refractivity contribution in [2.45, 2.75) is 40.2 Å². The Balaban J connectivity index is 1.56. The van der Waals surface area contributed by atoms with E-state index in [1.54, 1.807) is 43.7 Å². The van der Waals surface area contributed by atoms with E-state index in [4.69, 9.17) is 19.2 Å². The van der Waals surface area contributed by atoms with Crippen LogP contribution in [0.3, 0.4) is 0 Å². The van der Waals surface area contributed by atoms with Gasteiger partial charge in [0.15, 0.2) is 17.3 Å². The van der Waals surface area contributed by atoms with Crippen molar-refractivity contribution in [3.8, 4) is 28.6 Å². The summed E-state index contributed by atoms with van der Waals surface area (Å²) in [5.41, 5.74) is 4.44. The lowest BCUT2D eigenvalue weighted by Crippen LogP contribution is -2.21.